The average Bonchev–Trinajstić information content (AvgIpc) is 2.61. The van der Waals surface area contributed by atoms with E-state index in [4.69, 9.17) is 4.74 Å². The highest BCUT2D eigenvalue weighted by molar-refractivity contribution is 6.15. The van der Waals surface area contributed by atoms with Gasteiger partial charge < -0.3 is 14.6 Å². The van der Waals surface area contributed by atoms with Gasteiger partial charge in [-0.15, -0.1) is 0 Å². The Kier molecular flexibility index (Phi) is 7.75. The van der Waals surface area contributed by atoms with E-state index >= 15 is 0 Å². The lowest BCUT2D eigenvalue weighted by atomic mass is 10.1. The second kappa shape index (κ2) is 9.39. The van der Waals surface area contributed by atoms with Gasteiger partial charge >= 0.3 is 12.1 Å². The molecule has 0 aliphatic rings. The number of aliphatic hydroxyl groups excluding tert-OH is 1. The molecular weight excluding hydrogens is 400 g/mol. The zero-order chi connectivity index (χ0) is 22.5. The molecule has 0 heterocycles. The zero-order valence-corrected chi connectivity index (χ0v) is 16.3. The lowest BCUT2D eigenvalue weighted by Crippen LogP contribution is -2.31. The Morgan fingerprint density at radius 3 is 2.28 bits per heavy atom. The van der Waals surface area contributed by atoms with E-state index in [-0.39, 0.29) is 12.7 Å². The third-order valence-corrected chi connectivity index (χ3v) is 3.13. The number of hydrazone groups is 1. The Balaban J connectivity index is 3.42. The van der Waals surface area contributed by atoms with Crippen molar-refractivity contribution in [3.8, 4) is 0 Å². The third-order valence-electron chi connectivity index (χ3n) is 3.13. The van der Waals surface area contributed by atoms with Crippen molar-refractivity contribution in [1.82, 2.24) is 5.01 Å². The molecule has 1 aromatic carbocycles. The molecule has 1 N–H and O–H groups in total. The first-order valence-corrected chi connectivity index (χ1v) is 8.24. The molecular formula is C18H20F4N2O5. The summed E-state index contributed by atoms with van der Waals surface area (Å²) in [5.74, 6) is -10.5. The van der Waals surface area contributed by atoms with Crippen LogP contribution in [0.5, 0.6) is 0 Å². The van der Waals surface area contributed by atoms with Crippen molar-refractivity contribution < 1.29 is 41.7 Å². The van der Waals surface area contributed by atoms with Crippen molar-refractivity contribution >= 4 is 24.0 Å². The van der Waals surface area contributed by atoms with Gasteiger partial charge in [-0.25, -0.2) is 32.2 Å². The first kappa shape index (κ1) is 23.9. The summed E-state index contributed by atoms with van der Waals surface area (Å²) in [6.07, 6.45) is -0.322. The summed E-state index contributed by atoms with van der Waals surface area (Å²) in [4.78, 5) is 23.9. The smallest absolute Gasteiger partial charge is 0.430 e. The van der Waals surface area contributed by atoms with E-state index in [9.17, 15) is 32.3 Å². The van der Waals surface area contributed by atoms with E-state index in [2.05, 4.69) is 9.84 Å². The summed E-state index contributed by atoms with van der Waals surface area (Å²) in [6, 6.07) is 0.160. The fourth-order valence-electron chi connectivity index (χ4n) is 1.83. The Morgan fingerprint density at radius 2 is 1.76 bits per heavy atom. The zero-order valence-electron chi connectivity index (χ0n) is 16.3. The number of halogens is 4. The molecule has 160 valence electrons. The number of esters is 1. The molecule has 0 saturated carbocycles. The largest absolute Gasteiger partial charge is 0.506 e. The minimum absolute atomic E-state index is 0.160. The Bertz CT molecular complexity index is 863. The highest BCUT2D eigenvalue weighted by Crippen LogP contribution is 2.25. The topological polar surface area (TPSA) is 88.4 Å². The van der Waals surface area contributed by atoms with Gasteiger partial charge in [0.1, 0.15) is 16.9 Å². The second-order valence-electron chi connectivity index (χ2n) is 6.58. The Labute approximate surface area is 164 Å². The SMILES string of the molecule is CCOC(=O)C(C=NN(C)C(=O)OC(C)(C)C)=C(O)c1cc(F)c(F)c(F)c1F. The molecule has 11 heteroatoms. The number of hydrogen-bond acceptors (Lipinski definition) is 6. The van der Waals surface area contributed by atoms with Crippen LogP contribution in [0.1, 0.15) is 33.3 Å². The van der Waals surface area contributed by atoms with Crippen molar-refractivity contribution in [2.45, 2.75) is 33.3 Å². The maximum atomic E-state index is 14.0. The summed E-state index contributed by atoms with van der Waals surface area (Å²) in [5.41, 5.74) is -2.84. The first-order chi connectivity index (χ1) is 13.3. The van der Waals surface area contributed by atoms with Crippen LogP contribution in [0.15, 0.2) is 16.7 Å². The maximum absolute atomic E-state index is 14.0. The van der Waals surface area contributed by atoms with Gasteiger partial charge in [-0.2, -0.15) is 5.10 Å². The lowest BCUT2D eigenvalue weighted by Gasteiger charge is -2.22. The molecule has 0 radical (unpaired) electrons. The molecule has 1 amide bonds. The predicted octanol–water partition coefficient (Wildman–Crippen LogP) is 3.93. The van der Waals surface area contributed by atoms with Crippen LogP contribution in [0.2, 0.25) is 0 Å². The number of hydrogen-bond donors (Lipinski definition) is 1. The Hall–Kier alpha value is -3.11. The van der Waals surface area contributed by atoms with Crippen LogP contribution in [-0.2, 0) is 14.3 Å². The summed E-state index contributed by atoms with van der Waals surface area (Å²) in [6.45, 7) is 6.05. The molecule has 1 aromatic rings. The molecule has 7 nitrogen and oxygen atoms in total. The van der Waals surface area contributed by atoms with Crippen molar-refractivity contribution in [2.24, 2.45) is 5.10 Å². The molecule has 0 aromatic heterocycles. The van der Waals surface area contributed by atoms with Crippen molar-refractivity contribution in [2.75, 3.05) is 13.7 Å². The maximum Gasteiger partial charge on any atom is 0.430 e. The number of amides is 1. The number of carbonyl (C=O) groups excluding carboxylic acids is 2. The van der Waals surface area contributed by atoms with Gasteiger partial charge in [-0.05, 0) is 33.8 Å². The summed E-state index contributed by atoms with van der Waals surface area (Å²) in [7, 11) is 1.15. The number of benzene rings is 1. The van der Waals surface area contributed by atoms with E-state index in [1.165, 1.54) is 6.92 Å². The number of aliphatic hydroxyl groups is 1. The first-order valence-electron chi connectivity index (χ1n) is 8.24. The van der Waals surface area contributed by atoms with E-state index < -0.39 is 57.8 Å². The highest BCUT2D eigenvalue weighted by Gasteiger charge is 2.26. The van der Waals surface area contributed by atoms with Gasteiger partial charge in [-0.3, -0.25) is 0 Å². The van der Waals surface area contributed by atoms with Crippen LogP contribution < -0.4 is 0 Å². The van der Waals surface area contributed by atoms with Crippen LogP contribution in [0.3, 0.4) is 0 Å². The predicted molar refractivity (Wildman–Crippen MR) is 94.9 cm³/mol. The van der Waals surface area contributed by atoms with Gasteiger partial charge in [0.05, 0.1) is 18.4 Å². The van der Waals surface area contributed by atoms with E-state index in [0.29, 0.717) is 11.2 Å². The molecule has 0 aliphatic heterocycles. The van der Waals surface area contributed by atoms with Gasteiger partial charge in [0.2, 0.25) is 0 Å². The minimum atomic E-state index is -2.18. The molecule has 0 atom stereocenters. The summed E-state index contributed by atoms with van der Waals surface area (Å²) >= 11 is 0. The lowest BCUT2D eigenvalue weighted by molar-refractivity contribution is -0.137. The normalized spacial score (nSPS) is 12.6. The molecule has 0 unspecified atom stereocenters. The van der Waals surface area contributed by atoms with E-state index in [1.54, 1.807) is 20.8 Å². The molecule has 0 aliphatic carbocycles. The van der Waals surface area contributed by atoms with Crippen LogP contribution >= 0.6 is 0 Å². The Morgan fingerprint density at radius 1 is 1.17 bits per heavy atom. The van der Waals surface area contributed by atoms with Gasteiger partial charge in [0, 0.05) is 7.05 Å². The number of ether oxygens (including phenoxy) is 2. The third kappa shape index (κ3) is 6.19. The van der Waals surface area contributed by atoms with Gasteiger partial charge in [0.25, 0.3) is 0 Å². The molecule has 0 bridgehead atoms. The number of carbonyl (C=O) groups is 2. The monoisotopic (exact) mass is 420 g/mol. The van der Waals surface area contributed by atoms with Crippen molar-refractivity contribution in [3.63, 3.8) is 0 Å². The molecule has 1 rings (SSSR count). The quantitative estimate of drug-likeness (QED) is 0.114. The van der Waals surface area contributed by atoms with Crippen LogP contribution in [0.25, 0.3) is 5.76 Å². The summed E-state index contributed by atoms with van der Waals surface area (Å²) in [5, 5.41) is 14.4. The van der Waals surface area contributed by atoms with Crippen molar-refractivity contribution in [3.05, 3.63) is 40.5 Å². The van der Waals surface area contributed by atoms with Crippen LogP contribution in [-0.4, -0.2) is 47.6 Å². The summed E-state index contributed by atoms with van der Waals surface area (Å²) < 4.78 is 63.7. The molecule has 0 fully saturated rings. The number of nitrogens with zero attached hydrogens (tertiary/aromatic N) is 2. The van der Waals surface area contributed by atoms with Crippen LogP contribution in [0, 0.1) is 23.3 Å². The molecule has 0 spiro atoms. The van der Waals surface area contributed by atoms with Crippen LogP contribution in [0.4, 0.5) is 22.4 Å². The minimum Gasteiger partial charge on any atom is -0.506 e. The van der Waals surface area contributed by atoms with Gasteiger partial charge in [0.15, 0.2) is 23.3 Å². The molecule has 0 saturated heterocycles. The number of rotatable bonds is 5. The van der Waals surface area contributed by atoms with Crippen molar-refractivity contribution in [1.29, 1.82) is 0 Å². The standard InChI is InChI=1S/C18H20F4N2O5/c1-6-28-16(26)10(8-23-24(5)17(27)29-18(2,3)4)15(25)9-7-11(19)13(21)14(22)12(9)20/h7-8,25H,6H2,1-5H3. The van der Waals surface area contributed by atoms with E-state index in [0.717, 1.165) is 7.05 Å². The highest BCUT2D eigenvalue weighted by atomic mass is 19.2. The van der Waals surface area contributed by atoms with Gasteiger partial charge in [-0.1, -0.05) is 0 Å². The van der Waals surface area contributed by atoms with E-state index in [1.807, 2.05) is 0 Å². The fourth-order valence-corrected chi connectivity index (χ4v) is 1.83. The second-order valence-corrected chi connectivity index (χ2v) is 6.58. The average molecular weight is 420 g/mol. The molecule has 29 heavy (non-hydrogen) atoms. The fraction of sp³-hybridized carbons (Fsp3) is 0.389.